The van der Waals surface area contributed by atoms with Crippen LogP contribution < -0.4 is 4.90 Å². The second kappa shape index (κ2) is 4.49. The molecule has 1 aromatic rings. The highest BCUT2D eigenvalue weighted by Gasteiger charge is 2.25. The predicted octanol–water partition coefficient (Wildman–Crippen LogP) is 1.94. The number of carbonyl (C=O) groups excluding carboxylic acids is 2. The summed E-state index contributed by atoms with van der Waals surface area (Å²) in [7, 11) is 0. The third kappa shape index (κ3) is 2.18. The van der Waals surface area contributed by atoms with E-state index in [2.05, 4.69) is 6.58 Å². The van der Waals surface area contributed by atoms with Gasteiger partial charge in [0.2, 0.25) is 0 Å². The molecule has 0 saturated carbocycles. The van der Waals surface area contributed by atoms with Crippen molar-refractivity contribution in [2.45, 2.75) is 13.3 Å². The van der Waals surface area contributed by atoms with E-state index in [0.717, 1.165) is 10.5 Å². The number of carbonyl (C=O) groups is 2. The van der Waals surface area contributed by atoms with Crippen molar-refractivity contribution in [3.05, 3.63) is 48.1 Å². The Kier molecular flexibility index (Phi) is 3.02. The second-order valence-electron chi connectivity index (χ2n) is 4.29. The number of allylic oxidation sites excluding steroid dienone is 1. The van der Waals surface area contributed by atoms with E-state index in [4.69, 9.17) is 0 Å². The molecule has 1 aromatic carbocycles. The van der Waals surface area contributed by atoms with Gasteiger partial charge < -0.3 is 5.11 Å². The monoisotopic (exact) mass is 243 g/mol. The molecule has 0 aliphatic carbocycles. The van der Waals surface area contributed by atoms with E-state index in [1.54, 1.807) is 12.1 Å². The summed E-state index contributed by atoms with van der Waals surface area (Å²) in [5.41, 5.74) is 2.00. The highest BCUT2D eigenvalue weighted by Crippen LogP contribution is 2.27. The molecule has 1 aliphatic heterocycles. The number of amides is 2. The number of aromatic hydroxyl groups is 1. The molecule has 0 spiro atoms. The first kappa shape index (κ1) is 12.1. The van der Waals surface area contributed by atoms with Crippen LogP contribution >= 0.6 is 0 Å². The fraction of sp³-hybridized carbons (Fsp3) is 0.143. The van der Waals surface area contributed by atoms with Gasteiger partial charge in [-0.3, -0.25) is 9.59 Å². The van der Waals surface area contributed by atoms with Crippen molar-refractivity contribution in [3.63, 3.8) is 0 Å². The molecular weight excluding hydrogens is 230 g/mol. The lowest BCUT2D eigenvalue weighted by Gasteiger charge is -2.15. The number of hydrogen-bond donors (Lipinski definition) is 1. The van der Waals surface area contributed by atoms with Crippen LogP contribution in [0.4, 0.5) is 5.69 Å². The van der Waals surface area contributed by atoms with Crippen molar-refractivity contribution in [2.24, 2.45) is 0 Å². The molecule has 18 heavy (non-hydrogen) atoms. The third-order valence-corrected chi connectivity index (χ3v) is 2.62. The van der Waals surface area contributed by atoms with E-state index < -0.39 is 0 Å². The lowest BCUT2D eigenvalue weighted by molar-refractivity contribution is -0.119. The average molecular weight is 243 g/mol. The summed E-state index contributed by atoms with van der Waals surface area (Å²) in [6, 6.07) is 4.65. The van der Waals surface area contributed by atoms with Gasteiger partial charge in [-0.2, -0.15) is 0 Å². The van der Waals surface area contributed by atoms with E-state index >= 15 is 0 Å². The van der Waals surface area contributed by atoms with E-state index in [1.807, 2.05) is 6.92 Å². The Morgan fingerprint density at radius 3 is 2.44 bits per heavy atom. The van der Waals surface area contributed by atoms with Crippen LogP contribution in [0.25, 0.3) is 0 Å². The Bertz CT molecular complexity index is 554. The molecule has 0 bridgehead atoms. The molecule has 4 nitrogen and oxygen atoms in total. The van der Waals surface area contributed by atoms with Gasteiger partial charge in [0.25, 0.3) is 11.8 Å². The largest absolute Gasteiger partial charge is 0.508 e. The molecule has 92 valence electrons. The van der Waals surface area contributed by atoms with Crippen molar-refractivity contribution in [2.75, 3.05) is 4.90 Å². The SMILES string of the molecule is C=C(C)Cc1cc(N2C(=O)C=CC2=O)ccc1O. The number of anilines is 1. The van der Waals surface area contributed by atoms with Crippen molar-refractivity contribution in [1.82, 2.24) is 0 Å². The Balaban J connectivity index is 2.38. The van der Waals surface area contributed by atoms with Gasteiger partial charge in [0.1, 0.15) is 5.75 Å². The molecule has 1 heterocycles. The minimum Gasteiger partial charge on any atom is -0.508 e. The van der Waals surface area contributed by atoms with E-state index in [0.29, 0.717) is 17.7 Å². The zero-order valence-corrected chi connectivity index (χ0v) is 10.0. The van der Waals surface area contributed by atoms with E-state index in [1.165, 1.54) is 18.2 Å². The molecule has 0 saturated heterocycles. The minimum absolute atomic E-state index is 0.133. The zero-order valence-electron chi connectivity index (χ0n) is 10.0. The number of imide groups is 1. The second-order valence-corrected chi connectivity index (χ2v) is 4.29. The zero-order chi connectivity index (χ0) is 13.3. The van der Waals surface area contributed by atoms with Crippen molar-refractivity contribution < 1.29 is 14.7 Å². The smallest absolute Gasteiger partial charge is 0.258 e. The van der Waals surface area contributed by atoms with Gasteiger partial charge in [-0.05, 0) is 37.1 Å². The maximum Gasteiger partial charge on any atom is 0.258 e. The standard InChI is InChI=1S/C14H13NO3/c1-9(2)7-10-8-11(3-4-12(10)16)15-13(17)5-6-14(15)18/h3-6,8,16H,1,7H2,2H3. The number of rotatable bonds is 3. The summed E-state index contributed by atoms with van der Waals surface area (Å²) in [4.78, 5) is 24.2. The van der Waals surface area contributed by atoms with Crippen molar-refractivity contribution >= 4 is 17.5 Å². The lowest BCUT2D eigenvalue weighted by atomic mass is 10.1. The van der Waals surface area contributed by atoms with E-state index in [-0.39, 0.29) is 17.6 Å². The molecule has 2 rings (SSSR count). The van der Waals surface area contributed by atoms with Crippen LogP contribution in [0, 0.1) is 0 Å². The first-order chi connectivity index (χ1) is 8.49. The summed E-state index contributed by atoms with van der Waals surface area (Å²) in [6.45, 7) is 5.62. The van der Waals surface area contributed by atoms with Crippen molar-refractivity contribution in [1.29, 1.82) is 0 Å². The maximum absolute atomic E-state index is 11.5. The summed E-state index contributed by atoms with van der Waals surface area (Å²) in [6.07, 6.45) is 2.96. The maximum atomic E-state index is 11.5. The highest BCUT2D eigenvalue weighted by molar-refractivity contribution is 6.28. The molecule has 0 atom stereocenters. The molecule has 0 radical (unpaired) electrons. The molecule has 0 fully saturated rings. The quantitative estimate of drug-likeness (QED) is 0.652. The van der Waals surface area contributed by atoms with Crippen molar-refractivity contribution in [3.8, 4) is 5.75 Å². The van der Waals surface area contributed by atoms with Gasteiger partial charge in [-0.1, -0.05) is 12.2 Å². The fourth-order valence-corrected chi connectivity index (χ4v) is 1.83. The predicted molar refractivity (Wildman–Crippen MR) is 68.3 cm³/mol. The summed E-state index contributed by atoms with van der Waals surface area (Å²) >= 11 is 0. The van der Waals surface area contributed by atoms with Gasteiger partial charge >= 0.3 is 0 Å². The van der Waals surface area contributed by atoms with Crippen LogP contribution in [-0.4, -0.2) is 16.9 Å². The molecule has 0 unspecified atom stereocenters. The van der Waals surface area contributed by atoms with Crippen LogP contribution in [0.1, 0.15) is 12.5 Å². The fourth-order valence-electron chi connectivity index (χ4n) is 1.83. The Hall–Kier alpha value is -2.36. The number of nitrogens with zero attached hydrogens (tertiary/aromatic N) is 1. The van der Waals surface area contributed by atoms with Crippen LogP contribution in [0.5, 0.6) is 5.75 Å². The highest BCUT2D eigenvalue weighted by atomic mass is 16.3. The number of phenolic OH excluding ortho intramolecular Hbond substituents is 1. The van der Waals surface area contributed by atoms with Crippen LogP contribution in [-0.2, 0) is 16.0 Å². The number of benzene rings is 1. The van der Waals surface area contributed by atoms with E-state index in [9.17, 15) is 14.7 Å². The Morgan fingerprint density at radius 1 is 1.28 bits per heavy atom. The van der Waals surface area contributed by atoms with Crippen LogP contribution in [0.3, 0.4) is 0 Å². The minimum atomic E-state index is -0.369. The first-order valence-corrected chi connectivity index (χ1v) is 5.51. The molecule has 4 heteroatoms. The molecule has 1 N–H and O–H groups in total. The Labute approximate surface area is 105 Å². The number of phenols is 1. The van der Waals surface area contributed by atoms with Crippen LogP contribution in [0.15, 0.2) is 42.5 Å². The van der Waals surface area contributed by atoms with Gasteiger partial charge in [0, 0.05) is 12.2 Å². The normalized spacial score (nSPS) is 14.4. The summed E-state index contributed by atoms with van der Waals surface area (Å²) in [5, 5.41) is 9.71. The molecule has 0 aromatic heterocycles. The Morgan fingerprint density at radius 2 is 1.89 bits per heavy atom. The first-order valence-electron chi connectivity index (χ1n) is 5.51. The van der Waals surface area contributed by atoms with Gasteiger partial charge in [-0.25, -0.2) is 4.90 Å². The average Bonchev–Trinajstić information content (AvgIpc) is 2.62. The van der Waals surface area contributed by atoms with Gasteiger partial charge in [0.15, 0.2) is 0 Å². The number of hydrogen-bond acceptors (Lipinski definition) is 3. The lowest BCUT2D eigenvalue weighted by Crippen LogP contribution is -2.29. The van der Waals surface area contributed by atoms with Crippen LogP contribution in [0.2, 0.25) is 0 Å². The topological polar surface area (TPSA) is 57.6 Å². The van der Waals surface area contributed by atoms with Gasteiger partial charge in [0.05, 0.1) is 5.69 Å². The summed E-state index contributed by atoms with van der Waals surface area (Å²) < 4.78 is 0. The third-order valence-electron chi connectivity index (χ3n) is 2.62. The van der Waals surface area contributed by atoms with Gasteiger partial charge in [-0.15, -0.1) is 0 Å². The molecule has 1 aliphatic rings. The molecule has 2 amide bonds. The summed E-state index contributed by atoms with van der Waals surface area (Å²) in [5.74, 6) is -0.604. The molecular formula is C14H13NO3.